The van der Waals surface area contributed by atoms with Gasteiger partial charge in [-0.25, -0.2) is 0 Å². The molecule has 3 rings (SSSR count). The van der Waals surface area contributed by atoms with Gasteiger partial charge >= 0.3 is 0 Å². The van der Waals surface area contributed by atoms with Gasteiger partial charge in [-0.1, -0.05) is 18.2 Å². The molecular weight excluding hydrogens is 338 g/mol. The fraction of sp³-hybridized carbons (Fsp3) is 0.526. The maximum absolute atomic E-state index is 13.0. The van der Waals surface area contributed by atoms with Gasteiger partial charge in [-0.15, -0.1) is 11.3 Å². The minimum Gasteiger partial charge on any atom is -0.396 e. The smallest absolute Gasteiger partial charge is 0.263 e. The molecule has 0 aliphatic carbocycles. The number of rotatable bonds is 6. The van der Waals surface area contributed by atoms with Crippen LogP contribution in [0.3, 0.4) is 0 Å². The second-order valence-electron chi connectivity index (χ2n) is 6.80. The molecule has 0 saturated carbocycles. The van der Waals surface area contributed by atoms with Gasteiger partial charge in [0, 0.05) is 36.9 Å². The molecule has 0 unspecified atom stereocenters. The predicted molar refractivity (Wildman–Crippen MR) is 99.0 cm³/mol. The molecule has 6 heteroatoms. The van der Waals surface area contributed by atoms with Crippen LogP contribution in [0, 0.1) is 5.41 Å². The van der Waals surface area contributed by atoms with Crippen molar-refractivity contribution < 1.29 is 19.7 Å². The number of carbonyl (C=O) groups is 1. The van der Waals surface area contributed by atoms with E-state index in [9.17, 15) is 15.0 Å². The van der Waals surface area contributed by atoms with E-state index in [2.05, 4.69) is 0 Å². The molecule has 1 aromatic carbocycles. The molecule has 2 atom stereocenters. The van der Waals surface area contributed by atoms with E-state index in [0.717, 1.165) is 16.5 Å². The summed E-state index contributed by atoms with van der Waals surface area (Å²) in [7, 11) is 1.64. The number of hydrogen-bond acceptors (Lipinski definition) is 5. The average Bonchev–Trinajstić information content (AvgIpc) is 3.07. The van der Waals surface area contributed by atoms with Crippen LogP contribution in [0.2, 0.25) is 0 Å². The van der Waals surface area contributed by atoms with Gasteiger partial charge in [0.2, 0.25) is 0 Å². The molecule has 2 aromatic rings. The lowest BCUT2D eigenvalue weighted by Gasteiger charge is -2.45. The lowest BCUT2D eigenvalue weighted by molar-refractivity contribution is -0.0744. The first-order valence-corrected chi connectivity index (χ1v) is 9.47. The highest BCUT2D eigenvalue weighted by Gasteiger charge is 2.43. The molecule has 1 aliphatic rings. The zero-order valence-electron chi connectivity index (χ0n) is 14.5. The van der Waals surface area contributed by atoms with Crippen LogP contribution in [0.5, 0.6) is 0 Å². The Kier molecular flexibility index (Phi) is 5.74. The monoisotopic (exact) mass is 363 g/mol. The number of hydrogen-bond donors (Lipinski definition) is 2. The van der Waals surface area contributed by atoms with E-state index in [4.69, 9.17) is 4.74 Å². The van der Waals surface area contributed by atoms with E-state index < -0.39 is 11.5 Å². The van der Waals surface area contributed by atoms with Crippen LogP contribution in [0.15, 0.2) is 30.3 Å². The van der Waals surface area contributed by atoms with Crippen LogP contribution >= 0.6 is 11.3 Å². The Morgan fingerprint density at radius 2 is 2.24 bits per heavy atom. The molecule has 136 valence electrons. The van der Waals surface area contributed by atoms with Crippen molar-refractivity contribution in [3.05, 3.63) is 35.2 Å². The topological polar surface area (TPSA) is 70.0 Å². The molecule has 5 nitrogen and oxygen atoms in total. The standard InChI is InChI=1S/C19H25NO4S/c1-24-10-4-8-19(13-21)12-20(9-7-17(19)22)18(23)16-11-14-5-2-3-6-15(14)25-16/h2-3,5-6,11,17,21-22H,4,7-10,12-13H2,1H3/t17-,19+/m1/s1. The number of thiophene rings is 1. The molecule has 1 aromatic heterocycles. The number of benzene rings is 1. The van der Waals surface area contributed by atoms with Crippen molar-refractivity contribution in [2.24, 2.45) is 5.41 Å². The summed E-state index contributed by atoms with van der Waals surface area (Å²) in [6.07, 6.45) is 1.28. The molecule has 25 heavy (non-hydrogen) atoms. The van der Waals surface area contributed by atoms with Gasteiger partial charge in [0.05, 0.1) is 17.6 Å². The van der Waals surface area contributed by atoms with E-state index >= 15 is 0 Å². The van der Waals surface area contributed by atoms with Crippen LogP contribution in [0.25, 0.3) is 10.1 Å². The van der Waals surface area contributed by atoms with Crippen molar-refractivity contribution in [2.45, 2.75) is 25.4 Å². The SMILES string of the molecule is COCCC[C@@]1(CO)CN(C(=O)c2cc3ccccc3s2)CC[C@H]1O. The van der Waals surface area contributed by atoms with Gasteiger partial charge in [0.1, 0.15) is 0 Å². The fourth-order valence-corrected chi connectivity index (χ4v) is 4.64. The van der Waals surface area contributed by atoms with E-state index in [1.165, 1.54) is 11.3 Å². The summed E-state index contributed by atoms with van der Waals surface area (Å²) in [5, 5.41) is 21.5. The largest absolute Gasteiger partial charge is 0.396 e. The Labute approximate surface area is 151 Å². The summed E-state index contributed by atoms with van der Waals surface area (Å²) in [5.74, 6) is -0.0160. The minimum absolute atomic E-state index is 0.0160. The molecule has 2 heterocycles. The maximum atomic E-state index is 13.0. The van der Waals surface area contributed by atoms with E-state index in [1.54, 1.807) is 12.0 Å². The average molecular weight is 363 g/mol. The van der Waals surface area contributed by atoms with Crippen LogP contribution in [0.1, 0.15) is 28.9 Å². The van der Waals surface area contributed by atoms with E-state index in [-0.39, 0.29) is 12.5 Å². The lowest BCUT2D eigenvalue weighted by atomic mass is 9.74. The van der Waals surface area contributed by atoms with Crippen molar-refractivity contribution in [3.8, 4) is 0 Å². The van der Waals surface area contributed by atoms with Crippen molar-refractivity contribution in [1.29, 1.82) is 0 Å². The van der Waals surface area contributed by atoms with Crippen molar-refractivity contribution >= 4 is 27.3 Å². The molecule has 1 amide bonds. The molecule has 1 fully saturated rings. The lowest BCUT2D eigenvalue weighted by Crippen LogP contribution is -2.55. The Morgan fingerprint density at radius 3 is 2.96 bits per heavy atom. The summed E-state index contributed by atoms with van der Waals surface area (Å²) < 4.78 is 6.19. The number of fused-ring (bicyclic) bond motifs is 1. The second kappa shape index (κ2) is 7.83. The summed E-state index contributed by atoms with van der Waals surface area (Å²) in [6.45, 7) is 1.34. The van der Waals surface area contributed by atoms with Crippen LogP contribution in [-0.4, -0.2) is 60.5 Å². The Bertz CT molecular complexity index is 698. The second-order valence-corrected chi connectivity index (χ2v) is 7.88. The third kappa shape index (κ3) is 3.72. The molecule has 1 saturated heterocycles. The molecule has 0 radical (unpaired) electrons. The van der Waals surface area contributed by atoms with Gasteiger partial charge in [-0.2, -0.15) is 0 Å². The van der Waals surface area contributed by atoms with Crippen LogP contribution < -0.4 is 0 Å². The van der Waals surface area contributed by atoms with E-state index in [1.807, 2.05) is 30.3 Å². The number of methoxy groups -OCH3 is 1. The Hall–Kier alpha value is -1.47. The third-order valence-electron chi connectivity index (χ3n) is 5.15. The highest BCUT2D eigenvalue weighted by atomic mass is 32.1. The molecular formula is C19H25NO4S. The highest BCUT2D eigenvalue weighted by Crippen LogP contribution is 2.36. The van der Waals surface area contributed by atoms with Gasteiger partial charge < -0.3 is 19.8 Å². The minimum atomic E-state index is -0.664. The highest BCUT2D eigenvalue weighted by molar-refractivity contribution is 7.20. The number of ether oxygens (including phenoxy) is 1. The number of nitrogens with zero attached hydrogens (tertiary/aromatic N) is 1. The normalized spacial score (nSPS) is 24.0. The van der Waals surface area contributed by atoms with Gasteiger partial charge in [-0.3, -0.25) is 4.79 Å². The number of carbonyl (C=O) groups excluding carboxylic acids is 1. The molecule has 2 N–H and O–H groups in total. The Balaban J connectivity index is 1.78. The van der Waals surface area contributed by atoms with Crippen LogP contribution in [-0.2, 0) is 4.74 Å². The predicted octanol–water partition coefficient (Wildman–Crippen LogP) is 2.51. The number of aliphatic hydroxyl groups is 2. The van der Waals surface area contributed by atoms with Crippen molar-refractivity contribution in [3.63, 3.8) is 0 Å². The maximum Gasteiger partial charge on any atom is 0.263 e. The zero-order valence-corrected chi connectivity index (χ0v) is 15.3. The number of aliphatic hydroxyl groups excluding tert-OH is 2. The fourth-order valence-electron chi connectivity index (χ4n) is 3.61. The van der Waals surface area contributed by atoms with E-state index in [0.29, 0.717) is 37.4 Å². The molecule has 0 bridgehead atoms. The summed E-state index contributed by atoms with van der Waals surface area (Å²) >= 11 is 1.49. The van der Waals surface area contributed by atoms with Gasteiger partial charge in [0.25, 0.3) is 5.91 Å². The molecule has 1 aliphatic heterocycles. The number of likely N-dealkylation sites (tertiary alicyclic amines) is 1. The number of amides is 1. The molecule has 0 spiro atoms. The quantitative estimate of drug-likeness (QED) is 0.774. The van der Waals surface area contributed by atoms with Gasteiger partial charge in [-0.05, 0) is 36.8 Å². The number of piperidine rings is 1. The van der Waals surface area contributed by atoms with Crippen molar-refractivity contribution in [2.75, 3.05) is 33.4 Å². The summed E-state index contributed by atoms with van der Waals surface area (Å²) in [6, 6.07) is 9.88. The Morgan fingerprint density at radius 1 is 1.44 bits per heavy atom. The first kappa shape index (κ1) is 18.3. The third-order valence-corrected chi connectivity index (χ3v) is 6.25. The first-order chi connectivity index (χ1) is 12.1. The summed E-state index contributed by atoms with van der Waals surface area (Å²) in [5.41, 5.74) is -0.664. The van der Waals surface area contributed by atoms with Gasteiger partial charge in [0.15, 0.2) is 0 Å². The summed E-state index contributed by atoms with van der Waals surface area (Å²) in [4.78, 5) is 15.4. The zero-order chi connectivity index (χ0) is 17.9. The first-order valence-electron chi connectivity index (χ1n) is 8.65. The van der Waals surface area contributed by atoms with Crippen LogP contribution in [0.4, 0.5) is 0 Å². The van der Waals surface area contributed by atoms with Crippen molar-refractivity contribution in [1.82, 2.24) is 4.90 Å².